The van der Waals surface area contributed by atoms with Gasteiger partial charge in [0, 0.05) is 0 Å². The van der Waals surface area contributed by atoms with Crippen LogP contribution in [-0.2, 0) is 27.2 Å². The topological polar surface area (TPSA) is 63.2 Å². The second kappa shape index (κ2) is 9.12. The van der Waals surface area contributed by atoms with E-state index in [2.05, 4.69) is 78.6 Å². The molecule has 10 heteroatoms. The Morgan fingerprint density at radius 1 is 0.679 bits per heavy atom. The molecule has 0 aromatic carbocycles. The van der Waals surface area contributed by atoms with E-state index < -0.39 is 51.6 Å². The molecule has 1 rings (SSSR count). The lowest BCUT2D eigenvalue weighted by Crippen LogP contribution is -2.64. The molecule has 1 aliphatic rings. The third-order valence-electron chi connectivity index (χ3n) is 3.63. The minimum atomic E-state index is -2.00. The SMILES string of the molecule is C[Si](C)(C)OC[C@H]1OC(=O)[C@@H](O[Si](C)(C)C)[C@@H](O[Si](C)(C)C)[C@H]1O[Si](C)(C)C. The van der Waals surface area contributed by atoms with Crippen molar-refractivity contribution in [1.82, 2.24) is 0 Å². The van der Waals surface area contributed by atoms with Crippen molar-refractivity contribution in [3.63, 3.8) is 0 Å². The van der Waals surface area contributed by atoms with Gasteiger partial charge in [0.25, 0.3) is 0 Å². The van der Waals surface area contributed by atoms with Gasteiger partial charge in [-0.1, -0.05) is 0 Å². The minimum Gasteiger partial charge on any atom is -0.455 e. The second-order valence-electron chi connectivity index (χ2n) is 11.4. The normalized spacial score (nSPS) is 27.6. The quantitative estimate of drug-likeness (QED) is 0.370. The molecule has 6 nitrogen and oxygen atoms in total. The van der Waals surface area contributed by atoms with Crippen molar-refractivity contribution in [3.8, 4) is 0 Å². The number of carbonyl (C=O) groups excluding carboxylic acids is 1. The molecule has 1 saturated heterocycles. The molecule has 0 saturated carbocycles. The van der Waals surface area contributed by atoms with Gasteiger partial charge in [0.05, 0.1) is 6.61 Å². The highest BCUT2D eigenvalue weighted by atomic mass is 28.4. The van der Waals surface area contributed by atoms with Gasteiger partial charge >= 0.3 is 5.97 Å². The van der Waals surface area contributed by atoms with Crippen LogP contribution in [0.3, 0.4) is 0 Å². The first-order valence-electron chi connectivity index (χ1n) is 10.2. The highest BCUT2D eigenvalue weighted by Gasteiger charge is 2.52. The summed E-state index contributed by atoms with van der Waals surface area (Å²) in [5.41, 5.74) is 0. The zero-order valence-corrected chi connectivity index (χ0v) is 24.0. The Balaban J connectivity index is 3.28. The molecular formula is C18H42O6Si4. The maximum Gasteiger partial charge on any atom is 0.337 e. The number of rotatable bonds is 9. The molecule has 28 heavy (non-hydrogen) atoms. The van der Waals surface area contributed by atoms with Crippen molar-refractivity contribution in [1.29, 1.82) is 0 Å². The minimum absolute atomic E-state index is 0.335. The Bertz CT molecular complexity index is 530. The Kier molecular flexibility index (Phi) is 8.54. The molecule has 4 atom stereocenters. The van der Waals surface area contributed by atoms with Crippen molar-refractivity contribution in [2.75, 3.05) is 6.61 Å². The van der Waals surface area contributed by atoms with E-state index in [4.69, 9.17) is 22.4 Å². The molecule has 0 N–H and O–H groups in total. The summed E-state index contributed by atoms with van der Waals surface area (Å²) in [6, 6.07) is 0. The zero-order valence-electron chi connectivity index (χ0n) is 20.0. The molecular weight excluding hydrogens is 425 g/mol. The van der Waals surface area contributed by atoms with Crippen LogP contribution in [0.4, 0.5) is 0 Å². The van der Waals surface area contributed by atoms with Gasteiger partial charge in [0.2, 0.25) is 0 Å². The summed E-state index contributed by atoms with van der Waals surface area (Å²) in [5.74, 6) is -0.356. The summed E-state index contributed by atoms with van der Waals surface area (Å²) in [4.78, 5) is 12.9. The first-order valence-corrected chi connectivity index (χ1v) is 23.8. The largest absolute Gasteiger partial charge is 0.455 e. The van der Waals surface area contributed by atoms with Crippen LogP contribution in [0.25, 0.3) is 0 Å². The number of hydrogen-bond donors (Lipinski definition) is 0. The van der Waals surface area contributed by atoms with Crippen molar-refractivity contribution < 1.29 is 27.2 Å². The smallest absolute Gasteiger partial charge is 0.337 e. The van der Waals surface area contributed by atoms with Crippen LogP contribution in [0.15, 0.2) is 0 Å². The fourth-order valence-electron chi connectivity index (χ4n) is 2.85. The number of carbonyl (C=O) groups is 1. The standard InChI is InChI=1S/C18H42O6Si4/c1-25(2,3)20-13-14-15(22-26(4,5)6)16(23-27(7,8)9)17(18(19)21-14)24-28(10,11)12/h14-17H,13H2,1-12H3/t14-,15+,16+,17+/m1/s1. The molecule has 1 fully saturated rings. The molecule has 1 heterocycles. The molecule has 0 spiro atoms. The summed E-state index contributed by atoms with van der Waals surface area (Å²) >= 11 is 0. The highest BCUT2D eigenvalue weighted by molar-refractivity contribution is 6.71. The van der Waals surface area contributed by atoms with Gasteiger partial charge in [-0.2, -0.15) is 0 Å². The highest BCUT2D eigenvalue weighted by Crippen LogP contribution is 2.31. The van der Waals surface area contributed by atoms with Gasteiger partial charge < -0.3 is 22.4 Å². The van der Waals surface area contributed by atoms with E-state index in [9.17, 15) is 4.79 Å². The van der Waals surface area contributed by atoms with Gasteiger partial charge in [-0.25, -0.2) is 4.79 Å². The van der Waals surface area contributed by atoms with Crippen LogP contribution in [0.1, 0.15) is 0 Å². The van der Waals surface area contributed by atoms with E-state index in [1.807, 2.05) is 0 Å². The second-order valence-corrected chi connectivity index (χ2v) is 29.3. The number of ether oxygens (including phenoxy) is 1. The maximum atomic E-state index is 12.9. The fourth-order valence-corrected chi connectivity index (χ4v) is 6.68. The maximum absolute atomic E-state index is 12.9. The van der Waals surface area contributed by atoms with E-state index in [-0.39, 0.29) is 12.1 Å². The van der Waals surface area contributed by atoms with E-state index in [1.54, 1.807) is 0 Å². The molecule has 0 unspecified atom stereocenters. The Hall–Kier alpha value is 0.178. The molecule has 0 bridgehead atoms. The Morgan fingerprint density at radius 3 is 1.50 bits per heavy atom. The average molecular weight is 467 g/mol. The fraction of sp³-hybridized carbons (Fsp3) is 0.944. The van der Waals surface area contributed by atoms with Gasteiger partial charge in [0.15, 0.2) is 45.5 Å². The average Bonchev–Trinajstić information content (AvgIpc) is 2.39. The summed E-state index contributed by atoms with van der Waals surface area (Å²) in [6.45, 7) is 25.7. The molecule has 166 valence electrons. The third-order valence-corrected chi connectivity index (χ3v) is 7.58. The van der Waals surface area contributed by atoms with Gasteiger partial charge in [-0.15, -0.1) is 0 Å². The van der Waals surface area contributed by atoms with Crippen molar-refractivity contribution in [2.45, 2.75) is 103 Å². The van der Waals surface area contributed by atoms with Gasteiger partial charge in [0.1, 0.15) is 12.2 Å². The monoisotopic (exact) mass is 466 g/mol. The molecule has 0 amide bonds. The van der Waals surface area contributed by atoms with Crippen molar-refractivity contribution in [2.24, 2.45) is 0 Å². The Labute approximate surface area is 176 Å². The van der Waals surface area contributed by atoms with Crippen LogP contribution in [-0.4, -0.2) is 70.3 Å². The van der Waals surface area contributed by atoms with E-state index in [0.717, 1.165) is 0 Å². The van der Waals surface area contributed by atoms with Crippen LogP contribution in [0.5, 0.6) is 0 Å². The van der Waals surface area contributed by atoms with Crippen LogP contribution >= 0.6 is 0 Å². The van der Waals surface area contributed by atoms with E-state index >= 15 is 0 Å². The zero-order chi connectivity index (χ0) is 22.1. The van der Waals surface area contributed by atoms with E-state index in [0.29, 0.717) is 6.61 Å². The lowest BCUT2D eigenvalue weighted by molar-refractivity contribution is -0.198. The van der Waals surface area contributed by atoms with Crippen molar-refractivity contribution >= 4 is 39.2 Å². The molecule has 0 aromatic heterocycles. The molecule has 0 aliphatic carbocycles. The Morgan fingerprint density at radius 2 is 1.11 bits per heavy atom. The predicted molar refractivity (Wildman–Crippen MR) is 124 cm³/mol. The van der Waals surface area contributed by atoms with Crippen molar-refractivity contribution in [3.05, 3.63) is 0 Å². The molecule has 1 aliphatic heterocycles. The van der Waals surface area contributed by atoms with Gasteiger partial charge in [-0.05, 0) is 78.6 Å². The summed E-state index contributed by atoms with van der Waals surface area (Å²) in [6.07, 6.45) is -2.08. The van der Waals surface area contributed by atoms with Crippen LogP contribution < -0.4 is 0 Å². The lowest BCUT2D eigenvalue weighted by atomic mass is 10.0. The van der Waals surface area contributed by atoms with E-state index in [1.165, 1.54) is 0 Å². The first-order chi connectivity index (χ1) is 12.3. The number of hydrogen-bond acceptors (Lipinski definition) is 6. The van der Waals surface area contributed by atoms with Crippen LogP contribution in [0, 0.1) is 0 Å². The predicted octanol–water partition coefficient (Wildman–Crippen LogP) is 4.42. The molecule has 0 radical (unpaired) electrons. The number of esters is 1. The summed E-state index contributed by atoms with van der Waals surface area (Å²) in [5, 5.41) is 0. The van der Waals surface area contributed by atoms with Crippen LogP contribution in [0.2, 0.25) is 78.6 Å². The third kappa shape index (κ3) is 9.79. The lowest BCUT2D eigenvalue weighted by Gasteiger charge is -2.47. The number of cyclic esters (lactones) is 1. The summed E-state index contributed by atoms with van der Waals surface area (Å²) in [7, 11) is -7.66. The summed E-state index contributed by atoms with van der Waals surface area (Å²) < 4.78 is 31.2. The molecule has 0 aromatic rings. The van der Waals surface area contributed by atoms with Gasteiger partial charge in [-0.3, -0.25) is 0 Å². The first kappa shape index (κ1) is 26.2.